The zero-order valence-electron chi connectivity index (χ0n) is 11.0. The molecule has 0 amide bonds. The molecule has 90 valence electrons. The minimum absolute atomic E-state index is 0.210. The lowest BCUT2D eigenvalue weighted by Gasteiger charge is -2.07. The van der Waals surface area contributed by atoms with Crippen molar-refractivity contribution in [3.8, 4) is 0 Å². The maximum absolute atomic E-state index is 11.6. The molecule has 0 fully saturated rings. The van der Waals surface area contributed by atoms with Crippen LogP contribution >= 0.6 is 0 Å². The Morgan fingerprint density at radius 2 is 1.94 bits per heavy atom. The highest BCUT2D eigenvalue weighted by Crippen LogP contribution is 2.13. The van der Waals surface area contributed by atoms with Crippen molar-refractivity contribution >= 4 is 5.78 Å². The molecule has 0 N–H and O–H groups in total. The Balaban J connectivity index is 3.96. The molecule has 0 aliphatic rings. The molecule has 16 heavy (non-hydrogen) atoms. The first kappa shape index (κ1) is 14.9. The third kappa shape index (κ3) is 8.22. The average Bonchev–Trinajstić information content (AvgIpc) is 2.16. The summed E-state index contributed by atoms with van der Waals surface area (Å²) in [7, 11) is 0. The van der Waals surface area contributed by atoms with E-state index in [9.17, 15) is 4.79 Å². The van der Waals surface area contributed by atoms with E-state index < -0.39 is 0 Å². The van der Waals surface area contributed by atoms with Crippen LogP contribution in [0.2, 0.25) is 0 Å². The second kappa shape index (κ2) is 8.09. The van der Waals surface area contributed by atoms with E-state index in [2.05, 4.69) is 33.4 Å². The summed E-state index contributed by atoms with van der Waals surface area (Å²) < 4.78 is 0. The van der Waals surface area contributed by atoms with Crippen LogP contribution in [0.3, 0.4) is 0 Å². The largest absolute Gasteiger partial charge is 0.295 e. The van der Waals surface area contributed by atoms with Crippen LogP contribution in [0.1, 0.15) is 47.0 Å². The van der Waals surface area contributed by atoms with Crippen LogP contribution in [0.25, 0.3) is 0 Å². The lowest BCUT2D eigenvalue weighted by atomic mass is 9.98. The van der Waals surface area contributed by atoms with E-state index in [-0.39, 0.29) is 5.78 Å². The monoisotopic (exact) mass is 220 g/mol. The molecule has 0 aromatic rings. The molecular weight excluding hydrogens is 196 g/mol. The fourth-order valence-electron chi connectivity index (χ4n) is 1.47. The van der Waals surface area contributed by atoms with Crippen LogP contribution in [0.5, 0.6) is 0 Å². The zero-order chi connectivity index (χ0) is 12.6. The SMILES string of the molecule is C=C/C(C)=C/C(=O)CC(C)CCC=C(C)C. The molecule has 0 bridgehead atoms. The number of hydrogen-bond donors (Lipinski definition) is 0. The van der Waals surface area contributed by atoms with Gasteiger partial charge < -0.3 is 0 Å². The fourth-order valence-corrected chi connectivity index (χ4v) is 1.47. The highest BCUT2D eigenvalue weighted by atomic mass is 16.1. The van der Waals surface area contributed by atoms with E-state index >= 15 is 0 Å². The number of hydrogen-bond acceptors (Lipinski definition) is 1. The van der Waals surface area contributed by atoms with Crippen molar-refractivity contribution in [2.45, 2.75) is 47.0 Å². The first-order chi connectivity index (χ1) is 7.45. The van der Waals surface area contributed by atoms with Crippen molar-refractivity contribution in [2.24, 2.45) is 5.92 Å². The second-order valence-electron chi connectivity index (χ2n) is 4.73. The van der Waals surface area contributed by atoms with Gasteiger partial charge in [0.15, 0.2) is 5.78 Å². The molecule has 0 aliphatic carbocycles. The maximum Gasteiger partial charge on any atom is 0.156 e. The van der Waals surface area contributed by atoms with Crippen molar-refractivity contribution in [2.75, 3.05) is 0 Å². The molecule has 0 radical (unpaired) electrons. The van der Waals surface area contributed by atoms with Crippen molar-refractivity contribution in [1.82, 2.24) is 0 Å². The summed E-state index contributed by atoms with van der Waals surface area (Å²) in [5.41, 5.74) is 2.29. The molecule has 0 aromatic carbocycles. The molecule has 0 aliphatic heterocycles. The van der Waals surface area contributed by atoms with Crippen molar-refractivity contribution in [3.63, 3.8) is 0 Å². The third-order valence-corrected chi connectivity index (χ3v) is 2.47. The van der Waals surface area contributed by atoms with Crippen LogP contribution in [0.4, 0.5) is 0 Å². The van der Waals surface area contributed by atoms with Crippen LogP contribution in [0, 0.1) is 5.92 Å². The summed E-state index contributed by atoms with van der Waals surface area (Å²) >= 11 is 0. The fraction of sp³-hybridized carbons (Fsp3) is 0.533. The predicted molar refractivity (Wildman–Crippen MR) is 71.4 cm³/mol. The Morgan fingerprint density at radius 3 is 2.44 bits per heavy atom. The standard InChI is InChI=1S/C15H24O/c1-6-13(4)10-15(16)11-14(5)9-7-8-12(2)3/h6,8,10,14H,1,7,9,11H2,2-5H3/b13-10+. The number of ketones is 1. The number of allylic oxidation sites excluding steroid dienone is 5. The van der Waals surface area contributed by atoms with E-state index in [4.69, 9.17) is 0 Å². The van der Waals surface area contributed by atoms with Gasteiger partial charge >= 0.3 is 0 Å². The van der Waals surface area contributed by atoms with Gasteiger partial charge in [0.25, 0.3) is 0 Å². The van der Waals surface area contributed by atoms with Gasteiger partial charge in [-0.1, -0.05) is 31.2 Å². The Hall–Kier alpha value is -1.11. The van der Waals surface area contributed by atoms with Gasteiger partial charge in [-0.05, 0) is 51.2 Å². The molecule has 0 saturated carbocycles. The van der Waals surface area contributed by atoms with E-state index in [1.807, 2.05) is 6.92 Å². The summed E-state index contributed by atoms with van der Waals surface area (Å²) in [6.07, 6.45) is 8.42. The van der Waals surface area contributed by atoms with Gasteiger partial charge in [0.2, 0.25) is 0 Å². The van der Waals surface area contributed by atoms with Crippen LogP contribution in [-0.4, -0.2) is 5.78 Å². The van der Waals surface area contributed by atoms with E-state index in [0.29, 0.717) is 12.3 Å². The quantitative estimate of drug-likeness (QED) is 0.352. The Morgan fingerprint density at radius 1 is 1.31 bits per heavy atom. The minimum Gasteiger partial charge on any atom is -0.295 e. The molecule has 0 heterocycles. The molecule has 0 aromatic heterocycles. The van der Waals surface area contributed by atoms with E-state index in [0.717, 1.165) is 18.4 Å². The molecule has 0 saturated heterocycles. The molecular formula is C15H24O. The van der Waals surface area contributed by atoms with Crippen molar-refractivity contribution in [3.05, 3.63) is 36.0 Å². The molecule has 1 nitrogen and oxygen atoms in total. The first-order valence-corrected chi connectivity index (χ1v) is 5.92. The zero-order valence-corrected chi connectivity index (χ0v) is 11.0. The number of carbonyl (C=O) groups is 1. The summed E-state index contributed by atoms with van der Waals surface area (Å²) in [6.45, 7) is 11.9. The molecule has 1 atom stereocenters. The molecule has 1 unspecified atom stereocenters. The van der Waals surface area contributed by atoms with Crippen molar-refractivity contribution in [1.29, 1.82) is 0 Å². The van der Waals surface area contributed by atoms with Gasteiger partial charge in [-0.3, -0.25) is 4.79 Å². The predicted octanol–water partition coefficient (Wildman–Crippen LogP) is 4.46. The smallest absolute Gasteiger partial charge is 0.156 e. The summed E-state index contributed by atoms with van der Waals surface area (Å²) in [5.74, 6) is 0.666. The van der Waals surface area contributed by atoms with Gasteiger partial charge in [-0.25, -0.2) is 0 Å². The van der Waals surface area contributed by atoms with E-state index in [1.54, 1.807) is 12.2 Å². The van der Waals surface area contributed by atoms with Gasteiger partial charge in [0.05, 0.1) is 0 Å². The van der Waals surface area contributed by atoms with Gasteiger partial charge in [-0.15, -0.1) is 0 Å². The number of rotatable bonds is 7. The van der Waals surface area contributed by atoms with Gasteiger partial charge in [0.1, 0.15) is 0 Å². The van der Waals surface area contributed by atoms with Crippen LogP contribution in [-0.2, 0) is 4.79 Å². The van der Waals surface area contributed by atoms with E-state index in [1.165, 1.54) is 5.57 Å². The summed E-state index contributed by atoms with van der Waals surface area (Å²) in [5, 5.41) is 0. The number of carbonyl (C=O) groups excluding carboxylic acids is 1. The average molecular weight is 220 g/mol. The molecule has 0 rings (SSSR count). The Bertz CT molecular complexity index is 291. The Labute approximate surface area is 99.9 Å². The summed E-state index contributed by atoms with van der Waals surface area (Å²) in [4.78, 5) is 11.6. The van der Waals surface area contributed by atoms with Gasteiger partial charge in [0, 0.05) is 6.42 Å². The molecule has 1 heteroatoms. The normalized spacial score (nSPS) is 13.1. The second-order valence-corrected chi connectivity index (χ2v) is 4.73. The van der Waals surface area contributed by atoms with Crippen LogP contribution < -0.4 is 0 Å². The highest BCUT2D eigenvalue weighted by Gasteiger charge is 2.06. The third-order valence-electron chi connectivity index (χ3n) is 2.47. The molecule has 0 spiro atoms. The summed E-state index contributed by atoms with van der Waals surface area (Å²) in [6, 6.07) is 0. The maximum atomic E-state index is 11.6. The Kier molecular flexibility index (Phi) is 7.53. The lowest BCUT2D eigenvalue weighted by Crippen LogP contribution is -2.03. The topological polar surface area (TPSA) is 17.1 Å². The lowest BCUT2D eigenvalue weighted by molar-refractivity contribution is -0.115. The van der Waals surface area contributed by atoms with Gasteiger partial charge in [-0.2, -0.15) is 0 Å². The van der Waals surface area contributed by atoms with Crippen molar-refractivity contribution < 1.29 is 4.79 Å². The van der Waals surface area contributed by atoms with Crippen LogP contribution in [0.15, 0.2) is 36.0 Å². The first-order valence-electron chi connectivity index (χ1n) is 5.92. The highest BCUT2D eigenvalue weighted by molar-refractivity contribution is 5.90. The minimum atomic E-state index is 0.210.